The van der Waals surface area contributed by atoms with Gasteiger partial charge >= 0.3 is 0 Å². The Bertz CT molecular complexity index is 1400. The molecule has 0 heterocycles. The molecule has 0 aliphatic heterocycles. The fourth-order valence-electron chi connectivity index (χ4n) is 3.46. The molecule has 3 rings (SSSR count). The van der Waals surface area contributed by atoms with Crippen LogP contribution < -0.4 is 23.4 Å². The van der Waals surface area contributed by atoms with Gasteiger partial charge in [-0.3, -0.25) is 4.72 Å². The molecule has 0 spiro atoms. The molecular weight excluding hydrogens is 518 g/mol. The average Bonchev–Trinajstić information content (AvgIpc) is 2.86. The van der Waals surface area contributed by atoms with Crippen LogP contribution in [0, 0.1) is 0 Å². The van der Waals surface area contributed by atoms with E-state index in [1.165, 1.54) is 26.4 Å². The summed E-state index contributed by atoms with van der Waals surface area (Å²) >= 11 is 0. The summed E-state index contributed by atoms with van der Waals surface area (Å²) in [6.07, 6.45) is 3.80. The standard InChI is InChI=1S/C29H37NO6SSi/c1-29(2,3)38(7,8)36-26-19-21(16-17-25(26)33-4)14-15-22-18-24(28(35-6)27(20-22)34-5)30-37(31,32)23-12-10-9-11-13-23/h9-20,30H,1-8H3. The summed E-state index contributed by atoms with van der Waals surface area (Å²) < 4.78 is 51.7. The quantitative estimate of drug-likeness (QED) is 0.213. The van der Waals surface area contributed by atoms with Gasteiger partial charge in [-0.05, 0) is 65.7 Å². The van der Waals surface area contributed by atoms with Crippen LogP contribution in [0.5, 0.6) is 23.0 Å². The first-order chi connectivity index (χ1) is 17.8. The lowest BCUT2D eigenvalue weighted by Gasteiger charge is -2.36. The van der Waals surface area contributed by atoms with Crippen LogP contribution >= 0.6 is 0 Å². The van der Waals surface area contributed by atoms with Crippen molar-refractivity contribution >= 4 is 36.2 Å². The molecule has 0 unspecified atom stereocenters. The zero-order valence-electron chi connectivity index (χ0n) is 23.3. The molecule has 3 aromatic rings. The van der Waals surface area contributed by atoms with Gasteiger partial charge in [0.05, 0.1) is 31.9 Å². The van der Waals surface area contributed by atoms with Gasteiger partial charge in [0.1, 0.15) is 5.75 Å². The van der Waals surface area contributed by atoms with E-state index in [4.69, 9.17) is 18.6 Å². The van der Waals surface area contributed by atoms with Gasteiger partial charge in [-0.25, -0.2) is 8.42 Å². The summed E-state index contributed by atoms with van der Waals surface area (Å²) in [6, 6.07) is 17.4. The van der Waals surface area contributed by atoms with Gasteiger partial charge < -0.3 is 18.6 Å². The smallest absolute Gasteiger partial charge is 0.262 e. The lowest BCUT2D eigenvalue weighted by Crippen LogP contribution is -2.43. The van der Waals surface area contributed by atoms with E-state index in [0.717, 1.165) is 11.1 Å². The predicted molar refractivity (Wildman–Crippen MR) is 157 cm³/mol. The van der Waals surface area contributed by atoms with E-state index in [1.54, 1.807) is 37.4 Å². The molecule has 0 saturated heterocycles. The monoisotopic (exact) mass is 555 g/mol. The lowest BCUT2D eigenvalue weighted by molar-refractivity contribution is 0.356. The van der Waals surface area contributed by atoms with Gasteiger partial charge in [0, 0.05) is 0 Å². The molecule has 0 atom stereocenters. The Morgan fingerprint density at radius 2 is 1.37 bits per heavy atom. The molecule has 0 aliphatic carbocycles. The minimum absolute atomic E-state index is 0.0347. The number of rotatable bonds is 10. The first kappa shape index (κ1) is 29.1. The Hall–Kier alpha value is -3.43. The van der Waals surface area contributed by atoms with Gasteiger partial charge in [-0.2, -0.15) is 0 Å². The molecule has 0 aromatic heterocycles. The van der Waals surface area contributed by atoms with E-state index in [1.807, 2.05) is 30.4 Å². The van der Waals surface area contributed by atoms with Crippen molar-refractivity contribution in [1.29, 1.82) is 0 Å². The van der Waals surface area contributed by atoms with E-state index in [0.29, 0.717) is 23.0 Å². The molecule has 0 bridgehead atoms. The maximum Gasteiger partial charge on any atom is 0.262 e. The third kappa shape index (κ3) is 6.71. The Labute approximate surface area is 227 Å². The van der Waals surface area contributed by atoms with Crippen molar-refractivity contribution < 1.29 is 27.1 Å². The molecule has 7 nitrogen and oxygen atoms in total. The van der Waals surface area contributed by atoms with Gasteiger partial charge in [0.2, 0.25) is 0 Å². The van der Waals surface area contributed by atoms with E-state index in [2.05, 4.69) is 38.6 Å². The molecule has 0 amide bonds. The van der Waals surface area contributed by atoms with Gasteiger partial charge in [-0.1, -0.05) is 57.2 Å². The van der Waals surface area contributed by atoms with Crippen LogP contribution in [0.1, 0.15) is 31.9 Å². The third-order valence-electron chi connectivity index (χ3n) is 6.63. The van der Waals surface area contributed by atoms with Crippen LogP contribution in [-0.2, 0) is 10.0 Å². The summed E-state index contributed by atoms with van der Waals surface area (Å²) in [5.74, 6) is 2.07. The Kier molecular flexibility index (Phi) is 8.84. The minimum atomic E-state index is -3.83. The molecule has 0 saturated carbocycles. The van der Waals surface area contributed by atoms with Crippen molar-refractivity contribution in [3.8, 4) is 23.0 Å². The number of nitrogens with one attached hydrogen (secondary N) is 1. The average molecular weight is 556 g/mol. The first-order valence-electron chi connectivity index (χ1n) is 12.2. The highest BCUT2D eigenvalue weighted by Gasteiger charge is 2.39. The maximum atomic E-state index is 13.0. The molecular formula is C29H37NO6SSi. The number of benzene rings is 3. The van der Waals surface area contributed by atoms with Crippen LogP contribution in [0.15, 0.2) is 65.6 Å². The molecule has 9 heteroatoms. The van der Waals surface area contributed by atoms with E-state index < -0.39 is 18.3 Å². The van der Waals surface area contributed by atoms with Crippen molar-refractivity contribution in [2.24, 2.45) is 0 Å². The number of hydrogen-bond donors (Lipinski definition) is 1. The van der Waals surface area contributed by atoms with Crippen molar-refractivity contribution in [3.63, 3.8) is 0 Å². The normalized spacial score (nSPS) is 12.3. The zero-order chi connectivity index (χ0) is 28.1. The van der Waals surface area contributed by atoms with Crippen LogP contribution in [0.2, 0.25) is 18.1 Å². The van der Waals surface area contributed by atoms with E-state index in [-0.39, 0.29) is 15.6 Å². The fourth-order valence-corrected chi connectivity index (χ4v) is 5.55. The number of methoxy groups -OCH3 is 3. The summed E-state index contributed by atoms with van der Waals surface area (Å²) in [6.45, 7) is 11.0. The van der Waals surface area contributed by atoms with Crippen molar-refractivity contribution in [2.75, 3.05) is 26.1 Å². The molecule has 204 valence electrons. The Morgan fingerprint density at radius 1 is 0.763 bits per heavy atom. The van der Waals surface area contributed by atoms with Crippen LogP contribution in [0.4, 0.5) is 5.69 Å². The second-order valence-electron chi connectivity index (χ2n) is 10.3. The van der Waals surface area contributed by atoms with Gasteiger partial charge in [0.15, 0.2) is 17.2 Å². The highest BCUT2D eigenvalue weighted by atomic mass is 32.2. The number of anilines is 1. The van der Waals surface area contributed by atoms with Crippen LogP contribution in [0.25, 0.3) is 12.2 Å². The predicted octanol–water partition coefficient (Wildman–Crippen LogP) is 7.07. The highest BCUT2D eigenvalue weighted by molar-refractivity contribution is 7.92. The molecule has 0 aliphatic rings. The highest BCUT2D eigenvalue weighted by Crippen LogP contribution is 2.41. The molecule has 0 fully saturated rings. The van der Waals surface area contributed by atoms with Crippen LogP contribution in [0.3, 0.4) is 0 Å². The third-order valence-corrected chi connectivity index (χ3v) is 12.4. The number of sulfonamides is 1. The van der Waals surface area contributed by atoms with Crippen LogP contribution in [-0.4, -0.2) is 38.1 Å². The largest absolute Gasteiger partial charge is 0.541 e. The van der Waals surface area contributed by atoms with Crippen molar-refractivity contribution in [1.82, 2.24) is 0 Å². The minimum Gasteiger partial charge on any atom is -0.541 e. The molecule has 1 N–H and O–H groups in total. The van der Waals surface area contributed by atoms with E-state index in [9.17, 15) is 8.42 Å². The fraction of sp³-hybridized carbons (Fsp3) is 0.310. The summed E-state index contributed by atoms with van der Waals surface area (Å²) in [5.41, 5.74) is 1.89. The summed E-state index contributed by atoms with van der Waals surface area (Å²) in [7, 11) is -1.31. The molecule has 0 radical (unpaired) electrons. The molecule has 38 heavy (non-hydrogen) atoms. The lowest BCUT2D eigenvalue weighted by atomic mass is 10.1. The Morgan fingerprint density at radius 3 is 1.95 bits per heavy atom. The zero-order valence-corrected chi connectivity index (χ0v) is 25.1. The second kappa shape index (κ2) is 11.5. The summed E-state index contributed by atoms with van der Waals surface area (Å²) in [5, 5.41) is 0.0347. The van der Waals surface area contributed by atoms with Crippen molar-refractivity contribution in [3.05, 3.63) is 71.8 Å². The van der Waals surface area contributed by atoms with E-state index >= 15 is 0 Å². The van der Waals surface area contributed by atoms with Crippen molar-refractivity contribution in [2.45, 2.75) is 43.8 Å². The second-order valence-corrected chi connectivity index (χ2v) is 16.7. The number of ether oxygens (including phenoxy) is 3. The first-order valence-corrected chi connectivity index (χ1v) is 16.6. The SMILES string of the molecule is COc1ccc(C=Cc2cc(NS(=O)(=O)c3ccccc3)c(OC)c(OC)c2)cc1O[Si](C)(C)C(C)(C)C. The number of hydrogen-bond acceptors (Lipinski definition) is 6. The summed E-state index contributed by atoms with van der Waals surface area (Å²) in [4.78, 5) is 0.148. The van der Waals surface area contributed by atoms with Gasteiger partial charge in [0.25, 0.3) is 18.3 Å². The Balaban J connectivity index is 1.98. The molecule has 3 aromatic carbocycles. The van der Waals surface area contributed by atoms with Gasteiger partial charge in [-0.15, -0.1) is 0 Å². The topological polar surface area (TPSA) is 83.1 Å². The maximum absolute atomic E-state index is 13.0.